The molecule has 1 fully saturated rings. The number of sulfonamides is 1. The fraction of sp³-hybridized carbons (Fsp3) is 0.476. The van der Waals surface area contributed by atoms with Gasteiger partial charge >= 0.3 is 0 Å². The number of nitrogens with zero attached hydrogens (tertiary/aromatic N) is 5. The smallest absolute Gasteiger partial charge is 0.245 e. The third-order valence-electron chi connectivity index (χ3n) is 6.11. The first-order valence-electron chi connectivity index (χ1n) is 10.5. The zero-order valence-electron chi connectivity index (χ0n) is 17.6. The Bertz CT molecular complexity index is 1040. The number of hydrogen-bond acceptors (Lipinski definition) is 6. The molecule has 1 saturated heterocycles. The minimum atomic E-state index is -3.58. The molecule has 1 aromatic carbocycles. The summed E-state index contributed by atoms with van der Waals surface area (Å²) in [6, 6.07) is 8.20. The minimum absolute atomic E-state index is 0.202. The van der Waals surface area contributed by atoms with Crippen molar-refractivity contribution >= 4 is 21.4 Å². The van der Waals surface area contributed by atoms with Gasteiger partial charge in [0.15, 0.2) is 0 Å². The van der Waals surface area contributed by atoms with Crippen molar-refractivity contribution in [3.05, 3.63) is 48.0 Å². The fourth-order valence-corrected chi connectivity index (χ4v) is 5.65. The molecule has 2 aliphatic heterocycles. The highest BCUT2D eigenvalue weighted by atomic mass is 32.2. The van der Waals surface area contributed by atoms with E-state index in [0.717, 1.165) is 44.8 Å². The molecule has 0 unspecified atom stereocenters. The van der Waals surface area contributed by atoms with Crippen LogP contribution < -0.4 is 4.90 Å². The van der Waals surface area contributed by atoms with Crippen LogP contribution in [0.2, 0.25) is 0 Å². The van der Waals surface area contributed by atoms with E-state index in [1.165, 1.54) is 16.4 Å². The molecule has 10 heteroatoms. The quantitative estimate of drug-likeness (QED) is 0.558. The SMILES string of the molecule is CN1CCC(=NO)c2c(ccn2CCCN2CCN(c3ccc(F)cc3)CC2)S1(=O)=O. The van der Waals surface area contributed by atoms with E-state index in [4.69, 9.17) is 0 Å². The van der Waals surface area contributed by atoms with Gasteiger partial charge in [-0.2, -0.15) is 0 Å². The van der Waals surface area contributed by atoms with Gasteiger partial charge in [-0.25, -0.2) is 17.1 Å². The lowest BCUT2D eigenvalue weighted by Gasteiger charge is -2.36. The maximum atomic E-state index is 13.1. The van der Waals surface area contributed by atoms with E-state index in [9.17, 15) is 18.0 Å². The standard InChI is InChI=1S/C21H28FN5O3S/c1-24-11-7-19(23-28)21-20(31(24,29)30)8-12-27(21)10-2-9-25-13-15-26(16-14-25)18-5-3-17(22)4-6-18/h3-6,8,12,28H,2,7,9-11,13-16H2,1H3. The summed E-state index contributed by atoms with van der Waals surface area (Å²) in [7, 11) is -2.03. The topological polar surface area (TPSA) is 81.4 Å². The van der Waals surface area contributed by atoms with E-state index >= 15 is 0 Å². The second-order valence-corrected chi connectivity index (χ2v) is 10.0. The van der Waals surface area contributed by atoms with Crippen LogP contribution in [0.4, 0.5) is 10.1 Å². The average molecular weight is 450 g/mol. The van der Waals surface area contributed by atoms with E-state index in [2.05, 4.69) is 15.0 Å². The Balaban J connectivity index is 1.36. The Morgan fingerprint density at radius 2 is 1.74 bits per heavy atom. The summed E-state index contributed by atoms with van der Waals surface area (Å²) in [6.07, 6.45) is 2.99. The number of fused-ring (bicyclic) bond motifs is 1. The second-order valence-electron chi connectivity index (χ2n) is 8.00. The van der Waals surface area contributed by atoms with Gasteiger partial charge in [0.25, 0.3) is 0 Å². The van der Waals surface area contributed by atoms with E-state index in [1.807, 2.05) is 16.7 Å². The predicted octanol–water partition coefficient (Wildman–Crippen LogP) is 2.04. The van der Waals surface area contributed by atoms with E-state index in [0.29, 0.717) is 24.4 Å². The maximum Gasteiger partial charge on any atom is 0.245 e. The van der Waals surface area contributed by atoms with Gasteiger partial charge in [0.2, 0.25) is 10.0 Å². The summed E-state index contributed by atoms with van der Waals surface area (Å²) in [4.78, 5) is 4.84. The number of oxime groups is 1. The first-order chi connectivity index (χ1) is 14.9. The summed E-state index contributed by atoms with van der Waals surface area (Å²) in [5, 5.41) is 12.8. The normalized spacial score (nSPS) is 21.2. The van der Waals surface area contributed by atoms with Gasteiger partial charge in [-0.3, -0.25) is 4.90 Å². The molecule has 0 atom stereocenters. The lowest BCUT2D eigenvalue weighted by Crippen LogP contribution is -2.46. The number of halogens is 1. The van der Waals surface area contributed by atoms with Crippen molar-refractivity contribution in [1.29, 1.82) is 0 Å². The average Bonchev–Trinajstić information content (AvgIpc) is 3.16. The molecule has 0 amide bonds. The number of aryl methyl sites for hydroxylation is 1. The van der Waals surface area contributed by atoms with Gasteiger partial charge in [-0.1, -0.05) is 5.16 Å². The van der Waals surface area contributed by atoms with Gasteiger partial charge in [0, 0.05) is 64.6 Å². The van der Waals surface area contributed by atoms with Gasteiger partial charge in [-0.15, -0.1) is 0 Å². The third kappa shape index (κ3) is 4.46. The van der Waals surface area contributed by atoms with Gasteiger partial charge in [0.1, 0.15) is 16.4 Å². The van der Waals surface area contributed by atoms with Crippen molar-refractivity contribution in [3.63, 3.8) is 0 Å². The third-order valence-corrected chi connectivity index (χ3v) is 8.00. The molecule has 0 bridgehead atoms. The maximum absolute atomic E-state index is 13.1. The number of rotatable bonds is 5. The Hall–Kier alpha value is -2.43. The van der Waals surface area contributed by atoms with Crippen molar-refractivity contribution in [2.24, 2.45) is 5.16 Å². The molecule has 0 aliphatic carbocycles. The summed E-state index contributed by atoms with van der Waals surface area (Å²) in [6.45, 7) is 5.43. The summed E-state index contributed by atoms with van der Waals surface area (Å²) >= 11 is 0. The largest absolute Gasteiger partial charge is 0.411 e. The van der Waals surface area contributed by atoms with Crippen LogP contribution in [0.5, 0.6) is 0 Å². The molecule has 0 saturated carbocycles. The molecule has 2 aromatic rings. The van der Waals surface area contributed by atoms with Crippen molar-refractivity contribution in [1.82, 2.24) is 13.8 Å². The van der Waals surface area contributed by atoms with Crippen molar-refractivity contribution < 1.29 is 18.0 Å². The molecule has 1 aromatic heterocycles. The van der Waals surface area contributed by atoms with Crippen LogP contribution in [0.3, 0.4) is 0 Å². The van der Waals surface area contributed by atoms with E-state index < -0.39 is 10.0 Å². The monoisotopic (exact) mass is 449 g/mol. The van der Waals surface area contributed by atoms with Gasteiger partial charge in [-0.05, 0) is 43.3 Å². The zero-order valence-corrected chi connectivity index (χ0v) is 18.4. The van der Waals surface area contributed by atoms with Crippen LogP contribution >= 0.6 is 0 Å². The van der Waals surface area contributed by atoms with Crippen LogP contribution in [-0.2, 0) is 16.6 Å². The Morgan fingerprint density at radius 3 is 2.42 bits per heavy atom. The summed E-state index contributed by atoms with van der Waals surface area (Å²) in [5.74, 6) is -0.223. The van der Waals surface area contributed by atoms with Crippen LogP contribution in [0.15, 0.2) is 46.6 Å². The fourth-order valence-electron chi connectivity index (χ4n) is 4.27. The second kappa shape index (κ2) is 8.97. The molecule has 2 aliphatic rings. The molecule has 168 valence electrons. The van der Waals surface area contributed by atoms with Crippen molar-refractivity contribution in [2.75, 3.05) is 51.2 Å². The molecule has 8 nitrogen and oxygen atoms in total. The molecular weight excluding hydrogens is 421 g/mol. The van der Waals surface area contributed by atoms with Crippen LogP contribution in [0, 0.1) is 5.82 Å². The zero-order chi connectivity index (χ0) is 22.0. The number of hydrogen-bond donors (Lipinski definition) is 1. The van der Waals surface area contributed by atoms with Crippen molar-refractivity contribution in [3.8, 4) is 0 Å². The molecular formula is C21H28FN5O3S. The highest BCUT2D eigenvalue weighted by Crippen LogP contribution is 2.26. The molecule has 1 N–H and O–H groups in total. The summed E-state index contributed by atoms with van der Waals surface area (Å²) in [5.41, 5.74) is 1.94. The van der Waals surface area contributed by atoms with Gasteiger partial charge < -0.3 is 14.7 Å². The Morgan fingerprint density at radius 1 is 1.03 bits per heavy atom. The molecule has 0 spiro atoms. The molecule has 0 radical (unpaired) electrons. The number of aromatic nitrogens is 1. The Kier molecular flexibility index (Phi) is 6.31. The lowest BCUT2D eigenvalue weighted by atomic mass is 10.2. The first-order valence-corrected chi connectivity index (χ1v) is 11.9. The minimum Gasteiger partial charge on any atom is -0.411 e. The van der Waals surface area contributed by atoms with Crippen LogP contribution in [0.25, 0.3) is 0 Å². The molecule has 4 rings (SSSR count). The number of benzene rings is 1. The highest BCUT2D eigenvalue weighted by Gasteiger charge is 2.32. The van der Waals surface area contributed by atoms with Crippen molar-refractivity contribution in [2.45, 2.75) is 24.3 Å². The van der Waals surface area contributed by atoms with E-state index in [1.54, 1.807) is 19.3 Å². The number of anilines is 1. The van der Waals surface area contributed by atoms with Crippen LogP contribution in [0.1, 0.15) is 18.5 Å². The first kappa shape index (κ1) is 21.8. The predicted molar refractivity (Wildman–Crippen MR) is 117 cm³/mol. The summed E-state index contributed by atoms with van der Waals surface area (Å²) < 4.78 is 41.8. The lowest BCUT2D eigenvalue weighted by molar-refractivity contribution is 0.250. The Labute approximate surface area is 182 Å². The molecule has 3 heterocycles. The van der Waals surface area contributed by atoms with Crippen LogP contribution in [-0.4, -0.2) is 79.4 Å². The molecule has 31 heavy (non-hydrogen) atoms. The van der Waals surface area contributed by atoms with Gasteiger partial charge in [0.05, 0.1) is 5.69 Å². The van der Waals surface area contributed by atoms with E-state index in [-0.39, 0.29) is 17.3 Å². The highest BCUT2D eigenvalue weighted by molar-refractivity contribution is 7.89. The number of piperazine rings is 1.